The summed E-state index contributed by atoms with van der Waals surface area (Å²) in [5.41, 5.74) is 2.39. The van der Waals surface area contributed by atoms with E-state index in [1.807, 2.05) is 12.1 Å². The van der Waals surface area contributed by atoms with E-state index in [2.05, 4.69) is 47.9 Å². The molecule has 2 fully saturated rings. The van der Waals surface area contributed by atoms with Crippen molar-refractivity contribution >= 4 is 11.9 Å². The van der Waals surface area contributed by atoms with Gasteiger partial charge in [0.1, 0.15) is 11.3 Å². The molecule has 2 aromatic carbocycles. The van der Waals surface area contributed by atoms with Gasteiger partial charge in [0.2, 0.25) is 5.91 Å². The number of rotatable bonds is 7. The fourth-order valence-electron chi connectivity index (χ4n) is 5.74. The maximum absolute atomic E-state index is 13.7. The molecule has 182 valence electrons. The maximum Gasteiger partial charge on any atom is 0.339 e. The molecule has 2 aliphatic heterocycles. The average molecular weight is 465 g/mol. The lowest BCUT2D eigenvalue weighted by molar-refractivity contribution is -0.139. The number of carboxylic acid groups (broad SMARTS) is 1. The number of aromatic carboxylic acids is 1. The average Bonchev–Trinajstić information content (AvgIpc) is 3.03. The molecule has 2 heterocycles. The zero-order valence-electron chi connectivity index (χ0n) is 20.5. The number of phenols is 1. The number of carbonyl (C=O) groups is 2. The smallest absolute Gasteiger partial charge is 0.339 e. The fraction of sp³-hybridized carbons (Fsp3) is 0.500. The Labute approximate surface area is 202 Å². The molecule has 4 rings (SSSR count). The highest BCUT2D eigenvalue weighted by Gasteiger charge is 2.52. The number of nitrogens with zero attached hydrogens (tertiary/aromatic N) is 2. The highest BCUT2D eigenvalue weighted by atomic mass is 16.4. The third-order valence-corrected chi connectivity index (χ3v) is 7.47. The van der Waals surface area contributed by atoms with Crippen LogP contribution in [-0.2, 0) is 17.8 Å². The topological polar surface area (TPSA) is 81.1 Å². The molecule has 2 aliphatic rings. The van der Waals surface area contributed by atoms with Crippen molar-refractivity contribution in [3.05, 3.63) is 64.7 Å². The monoisotopic (exact) mass is 464 g/mol. The summed E-state index contributed by atoms with van der Waals surface area (Å²) < 4.78 is 0. The predicted octanol–water partition coefficient (Wildman–Crippen LogP) is 4.48. The van der Waals surface area contributed by atoms with E-state index in [0.29, 0.717) is 23.9 Å². The summed E-state index contributed by atoms with van der Waals surface area (Å²) in [7, 11) is 0. The minimum absolute atomic E-state index is 0.0532. The second-order valence-electron chi connectivity index (χ2n) is 10.6. The Morgan fingerprint density at radius 3 is 2.41 bits per heavy atom. The van der Waals surface area contributed by atoms with Crippen molar-refractivity contribution in [2.24, 2.45) is 11.3 Å². The van der Waals surface area contributed by atoms with E-state index in [1.165, 1.54) is 5.56 Å². The molecular weight excluding hydrogens is 428 g/mol. The lowest BCUT2D eigenvalue weighted by atomic mass is 9.75. The molecule has 0 saturated carbocycles. The number of benzene rings is 2. The van der Waals surface area contributed by atoms with E-state index in [0.717, 1.165) is 50.9 Å². The number of aryl methyl sites for hydroxylation is 1. The Bertz CT molecular complexity index is 1040. The second kappa shape index (κ2) is 9.79. The third-order valence-electron chi connectivity index (χ3n) is 7.47. The number of carbonyl (C=O) groups excluding carboxylic acids is 1. The van der Waals surface area contributed by atoms with Crippen LogP contribution in [-0.4, -0.2) is 57.6 Å². The Balaban J connectivity index is 1.46. The van der Waals surface area contributed by atoms with Crippen molar-refractivity contribution in [1.29, 1.82) is 0 Å². The van der Waals surface area contributed by atoms with Crippen LogP contribution in [0.15, 0.2) is 42.5 Å². The van der Waals surface area contributed by atoms with Gasteiger partial charge in [0, 0.05) is 19.1 Å². The van der Waals surface area contributed by atoms with Crippen LogP contribution in [0.2, 0.25) is 0 Å². The number of aromatic hydroxyl groups is 1. The Kier molecular flexibility index (Phi) is 6.99. The van der Waals surface area contributed by atoms with Crippen molar-refractivity contribution in [1.82, 2.24) is 9.80 Å². The van der Waals surface area contributed by atoms with Crippen LogP contribution in [0.4, 0.5) is 0 Å². The molecule has 6 heteroatoms. The van der Waals surface area contributed by atoms with Gasteiger partial charge >= 0.3 is 5.97 Å². The molecule has 2 aromatic rings. The van der Waals surface area contributed by atoms with Gasteiger partial charge in [0.05, 0.1) is 5.41 Å². The molecule has 1 atom stereocenters. The van der Waals surface area contributed by atoms with Crippen LogP contribution in [0.1, 0.15) is 60.2 Å². The van der Waals surface area contributed by atoms with Gasteiger partial charge in [-0.3, -0.25) is 9.69 Å². The van der Waals surface area contributed by atoms with Crippen molar-refractivity contribution in [3.63, 3.8) is 0 Å². The maximum atomic E-state index is 13.7. The van der Waals surface area contributed by atoms with Gasteiger partial charge in [0.15, 0.2) is 0 Å². The van der Waals surface area contributed by atoms with Crippen LogP contribution in [0.5, 0.6) is 5.75 Å². The second-order valence-corrected chi connectivity index (χ2v) is 10.6. The molecule has 0 aromatic heterocycles. The van der Waals surface area contributed by atoms with Crippen LogP contribution in [0.3, 0.4) is 0 Å². The zero-order valence-corrected chi connectivity index (χ0v) is 20.5. The van der Waals surface area contributed by atoms with E-state index >= 15 is 0 Å². The number of piperidine rings is 1. The van der Waals surface area contributed by atoms with Crippen molar-refractivity contribution in [3.8, 4) is 5.75 Å². The van der Waals surface area contributed by atoms with Gasteiger partial charge in [-0.1, -0.05) is 50.2 Å². The molecule has 1 spiro atoms. The highest BCUT2D eigenvalue weighted by Crippen LogP contribution is 2.45. The first kappa shape index (κ1) is 24.3. The lowest BCUT2D eigenvalue weighted by Gasteiger charge is -2.38. The summed E-state index contributed by atoms with van der Waals surface area (Å²) in [5.74, 6) is -0.541. The molecule has 1 amide bonds. The highest BCUT2D eigenvalue weighted by molar-refractivity contribution is 5.91. The van der Waals surface area contributed by atoms with Crippen LogP contribution < -0.4 is 0 Å². The van der Waals surface area contributed by atoms with Crippen molar-refractivity contribution in [2.75, 3.05) is 19.6 Å². The normalized spacial score (nSPS) is 20.4. The third kappa shape index (κ3) is 4.97. The SMILES string of the molecule is Cc1cc(CN2CCC3(CC2)C[C@H](Cc2ccccc2)N(CC(C)C)C3=O)cc(C(=O)O)c1O. The number of amides is 1. The molecule has 2 N–H and O–H groups in total. The molecule has 0 radical (unpaired) electrons. The first-order chi connectivity index (χ1) is 16.2. The lowest BCUT2D eigenvalue weighted by Crippen LogP contribution is -2.45. The molecule has 0 bridgehead atoms. The predicted molar refractivity (Wildman–Crippen MR) is 132 cm³/mol. The first-order valence-corrected chi connectivity index (χ1v) is 12.3. The summed E-state index contributed by atoms with van der Waals surface area (Å²) in [6.07, 6.45) is 3.46. The van der Waals surface area contributed by atoms with Gasteiger partial charge in [0.25, 0.3) is 0 Å². The zero-order chi connectivity index (χ0) is 24.5. The molecule has 0 unspecified atom stereocenters. The van der Waals surface area contributed by atoms with E-state index in [1.54, 1.807) is 13.0 Å². The molecule has 2 saturated heterocycles. The van der Waals surface area contributed by atoms with Gasteiger partial charge < -0.3 is 15.1 Å². The number of carboxylic acids is 1. The van der Waals surface area contributed by atoms with Crippen LogP contribution >= 0.6 is 0 Å². The van der Waals surface area contributed by atoms with Crippen molar-refractivity contribution < 1.29 is 19.8 Å². The summed E-state index contributed by atoms with van der Waals surface area (Å²) >= 11 is 0. The summed E-state index contributed by atoms with van der Waals surface area (Å²) in [6, 6.07) is 14.1. The number of hydrogen-bond acceptors (Lipinski definition) is 4. The van der Waals surface area contributed by atoms with E-state index in [4.69, 9.17) is 0 Å². The van der Waals surface area contributed by atoms with E-state index in [9.17, 15) is 19.8 Å². The van der Waals surface area contributed by atoms with Crippen molar-refractivity contribution in [2.45, 2.75) is 59.0 Å². The van der Waals surface area contributed by atoms with Gasteiger partial charge in [-0.15, -0.1) is 0 Å². The fourth-order valence-corrected chi connectivity index (χ4v) is 5.74. The molecule has 0 aliphatic carbocycles. The largest absolute Gasteiger partial charge is 0.507 e. The molecule has 34 heavy (non-hydrogen) atoms. The quantitative estimate of drug-likeness (QED) is 0.631. The van der Waals surface area contributed by atoms with Gasteiger partial charge in [-0.25, -0.2) is 4.79 Å². The Morgan fingerprint density at radius 2 is 1.79 bits per heavy atom. The number of likely N-dealkylation sites (tertiary alicyclic amines) is 2. The summed E-state index contributed by atoms with van der Waals surface area (Å²) in [4.78, 5) is 29.6. The van der Waals surface area contributed by atoms with Crippen LogP contribution in [0, 0.1) is 18.3 Å². The Morgan fingerprint density at radius 1 is 1.12 bits per heavy atom. The van der Waals surface area contributed by atoms with Gasteiger partial charge in [-0.05, 0) is 74.4 Å². The van der Waals surface area contributed by atoms with E-state index < -0.39 is 5.97 Å². The molecule has 6 nitrogen and oxygen atoms in total. The minimum Gasteiger partial charge on any atom is -0.507 e. The van der Waals surface area contributed by atoms with Crippen LogP contribution in [0.25, 0.3) is 0 Å². The summed E-state index contributed by atoms with van der Waals surface area (Å²) in [5, 5.41) is 19.4. The first-order valence-electron chi connectivity index (χ1n) is 12.3. The number of hydrogen-bond donors (Lipinski definition) is 2. The minimum atomic E-state index is -1.12. The Hall–Kier alpha value is -2.86. The molecular formula is C28H36N2O4. The summed E-state index contributed by atoms with van der Waals surface area (Å²) in [6.45, 7) is 9.10. The van der Waals surface area contributed by atoms with E-state index in [-0.39, 0.29) is 22.8 Å². The standard InChI is InChI=1S/C28H36N2O4/c1-19(2)17-30-23(14-21-7-5-4-6-8-21)16-28(27(30)34)9-11-29(12-10-28)18-22-13-20(3)25(31)24(15-22)26(32)33/h4-8,13,15,19,23,31H,9-12,14,16-18H2,1-3H3,(H,32,33)/t23-/m0/s1. The van der Waals surface area contributed by atoms with Gasteiger partial charge in [-0.2, -0.15) is 0 Å².